The summed E-state index contributed by atoms with van der Waals surface area (Å²) >= 11 is 0. The Bertz CT molecular complexity index is 2200. The number of halogens is 1. The number of para-hydroxylation sites is 1. The third-order valence-corrected chi connectivity index (χ3v) is 10.2. The second kappa shape index (κ2) is 16.4. The van der Waals surface area contributed by atoms with E-state index in [1.807, 2.05) is 43.3 Å². The highest BCUT2D eigenvalue weighted by atomic mass is 32.2. The van der Waals surface area contributed by atoms with Crippen LogP contribution in [0.25, 0.3) is 0 Å². The minimum absolute atomic E-state index is 0.0410. The Morgan fingerprint density at radius 3 is 2.36 bits per heavy atom. The fraction of sp³-hybridized carbons (Fsp3) is 0.308. The third-order valence-electron chi connectivity index (χ3n) is 8.37. The number of nitro benzene ring substituents is 1. The molecule has 5 rings (SSSR count). The summed E-state index contributed by atoms with van der Waals surface area (Å²) in [5.74, 6) is -0.641. The number of nitro groups is 1. The molecule has 0 bridgehead atoms. The van der Waals surface area contributed by atoms with Gasteiger partial charge in [0, 0.05) is 29.7 Å². The first-order chi connectivity index (χ1) is 25.1. The Labute approximate surface area is 308 Å². The van der Waals surface area contributed by atoms with Crippen LogP contribution >= 0.6 is 0 Å². The van der Waals surface area contributed by atoms with Gasteiger partial charge in [-0.3, -0.25) is 24.2 Å². The van der Waals surface area contributed by atoms with Crippen LogP contribution < -0.4 is 9.04 Å². The first kappa shape index (κ1) is 38.6. The van der Waals surface area contributed by atoms with Crippen LogP contribution in [0.15, 0.2) is 95.9 Å². The number of esters is 1. The molecular weight excluding hydrogens is 702 g/mol. The Balaban J connectivity index is 1.43. The van der Waals surface area contributed by atoms with Crippen LogP contribution in [0, 0.1) is 22.9 Å². The molecule has 0 radical (unpaired) electrons. The molecule has 2 aromatic heterocycles. The Hall–Kier alpha value is -5.63. The molecule has 0 spiro atoms. The summed E-state index contributed by atoms with van der Waals surface area (Å²) in [4.78, 5) is 26.9. The summed E-state index contributed by atoms with van der Waals surface area (Å²) in [5.41, 5.74) is 3.21. The largest absolute Gasteiger partial charge is 0.471 e. The lowest BCUT2D eigenvalue weighted by Gasteiger charge is -2.25. The van der Waals surface area contributed by atoms with Gasteiger partial charge in [-0.2, -0.15) is 5.10 Å². The van der Waals surface area contributed by atoms with Crippen LogP contribution in [0.3, 0.4) is 0 Å². The molecular formula is C39H42FN5O7S. The highest BCUT2D eigenvalue weighted by Gasteiger charge is 2.32. The summed E-state index contributed by atoms with van der Waals surface area (Å²) in [5, 5.41) is 16.7. The van der Waals surface area contributed by atoms with Gasteiger partial charge in [-0.15, -0.1) is 0 Å². The van der Waals surface area contributed by atoms with Gasteiger partial charge in [0.15, 0.2) is 4.90 Å². The van der Waals surface area contributed by atoms with E-state index in [2.05, 4.69) is 25.8 Å². The van der Waals surface area contributed by atoms with Crippen molar-refractivity contribution in [3.05, 3.63) is 141 Å². The van der Waals surface area contributed by atoms with Crippen LogP contribution in [0.5, 0.6) is 5.88 Å². The molecule has 0 aliphatic heterocycles. The van der Waals surface area contributed by atoms with E-state index >= 15 is 4.39 Å². The maximum absolute atomic E-state index is 15.4. The number of ether oxygens (including phenoxy) is 2. The average Bonchev–Trinajstić information content (AvgIpc) is 3.53. The minimum atomic E-state index is -4.58. The van der Waals surface area contributed by atoms with Crippen molar-refractivity contribution < 1.29 is 32.0 Å². The predicted molar refractivity (Wildman–Crippen MR) is 198 cm³/mol. The van der Waals surface area contributed by atoms with Crippen molar-refractivity contribution in [1.29, 1.82) is 0 Å². The molecule has 0 unspecified atom stereocenters. The van der Waals surface area contributed by atoms with Crippen molar-refractivity contribution in [1.82, 2.24) is 14.8 Å². The SMILES string of the molecule is CCOC(=O)CCc1ccc(N(Cc2ccc(Cn3nc(C(C)(C)C)cc3OCc3cccc(C)n3)cc2)S(=O)(=O)c2ccccc2[N+](=O)[O-])cc1F. The van der Waals surface area contributed by atoms with E-state index in [0.717, 1.165) is 45.1 Å². The lowest BCUT2D eigenvalue weighted by Crippen LogP contribution is -2.31. The molecule has 3 aromatic carbocycles. The van der Waals surface area contributed by atoms with Crippen LogP contribution in [0.4, 0.5) is 15.8 Å². The zero-order chi connectivity index (χ0) is 38.3. The monoisotopic (exact) mass is 743 g/mol. The Morgan fingerprint density at radius 2 is 1.70 bits per heavy atom. The minimum Gasteiger partial charge on any atom is -0.471 e. The lowest BCUT2D eigenvalue weighted by molar-refractivity contribution is -0.387. The van der Waals surface area contributed by atoms with Crippen molar-refractivity contribution in [2.24, 2.45) is 0 Å². The molecule has 0 amide bonds. The molecule has 0 fully saturated rings. The second-order valence-electron chi connectivity index (χ2n) is 13.5. The molecule has 14 heteroatoms. The number of aromatic nitrogens is 3. The highest BCUT2D eigenvalue weighted by Crippen LogP contribution is 2.33. The third kappa shape index (κ3) is 9.63. The van der Waals surface area contributed by atoms with Gasteiger partial charge in [-0.1, -0.05) is 69.3 Å². The number of carbonyl (C=O) groups excluding carboxylic acids is 1. The maximum atomic E-state index is 15.4. The lowest BCUT2D eigenvalue weighted by atomic mass is 9.93. The van der Waals surface area contributed by atoms with Crippen LogP contribution in [0.2, 0.25) is 0 Å². The zero-order valence-electron chi connectivity index (χ0n) is 30.3. The Morgan fingerprint density at radius 1 is 0.981 bits per heavy atom. The number of aryl methyl sites for hydroxylation is 2. The fourth-order valence-corrected chi connectivity index (χ4v) is 7.14. The molecule has 278 valence electrons. The highest BCUT2D eigenvalue weighted by molar-refractivity contribution is 7.93. The molecule has 53 heavy (non-hydrogen) atoms. The van der Waals surface area contributed by atoms with E-state index in [1.54, 1.807) is 23.7 Å². The standard InChI is InChI=1S/C39H42FN5O7S/c1-6-51-38(46)21-19-30-18-20-32(22-33(30)40)44(53(49,50)35-13-8-7-12-34(35)45(47)48)25-29-16-14-28(15-17-29)24-43-37(23-36(42-43)39(3,4)5)52-26-31-11-9-10-27(2)41-31/h7-18,20,22-23H,6,19,21,24-26H2,1-5H3. The number of rotatable bonds is 15. The normalized spacial score (nSPS) is 11.7. The number of sulfonamides is 1. The van der Waals surface area contributed by atoms with E-state index in [0.29, 0.717) is 18.0 Å². The number of carbonyl (C=O) groups is 1. The van der Waals surface area contributed by atoms with E-state index in [9.17, 15) is 23.3 Å². The van der Waals surface area contributed by atoms with Crippen LogP contribution in [-0.2, 0) is 51.1 Å². The number of anilines is 1. The topological polar surface area (TPSA) is 147 Å². The molecule has 0 saturated heterocycles. The van der Waals surface area contributed by atoms with Gasteiger partial charge in [0.25, 0.3) is 15.7 Å². The van der Waals surface area contributed by atoms with E-state index in [1.165, 1.54) is 24.3 Å². The first-order valence-electron chi connectivity index (χ1n) is 17.1. The van der Waals surface area contributed by atoms with Crippen molar-refractivity contribution in [2.45, 2.75) is 77.5 Å². The van der Waals surface area contributed by atoms with Gasteiger partial charge in [0.05, 0.1) is 41.7 Å². The summed E-state index contributed by atoms with van der Waals surface area (Å²) in [6.07, 6.45) is -0.00530. The number of nitrogens with zero attached hydrogens (tertiary/aromatic N) is 5. The summed E-state index contributed by atoms with van der Waals surface area (Å²) in [6, 6.07) is 23.7. The molecule has 2 heterocycles. The predicted octanol–water partition coefficient (Wildman–Crippen LogP) is 7.45. The van der Waals surface area contributed by atoms with Crippen molar-refractivity contribution in [3.63, 3.8) is 0 Å². The Kier molecular flexibility index (Phi) is 11.9. The second-order valence-corrected chi connectivity index (χ2v) is 15.3. The molecule has 5 aromatic rings. The van der Waals surface area contributed by atoms with Crippen molar-refractivity contribution in [3.8, 4) is 5.88 Å². The smallest absolute Gasteiger partial charge is 0.306 e. The quantitative estimate of drug-likeness (QED) is 0.0606. The number of hydrogen-bond donors (Lipinski definition) is 0. The fourth-order valence-electron chi connectivity index (χ4n) is 5.54. The molecule has 12 nitrogen and oxygen atoms in total. The average molecular weight is 744 g/mol. The van der Waals surface area contributed by atoms with E-state index < -0.39 is 37.3 Å². The molecule has 0 atom stereocenters. The zero-order valence-corrected chi connectivity index (χ0v) is 31.1. The van der Waals surface area contributed by atoms with Crippen LogP contribution in [0.1, 0.15) is 67.9 Å². The van der Waals surface area contributed by atoms with Crippen molar-refractivity contribution >= 4 is 27.4 Å². The number of pyridine rings is 1. The molecule has 0 N–H and O–H groups in total. The van der Waals surface area contributed by atoms with Gasteiger partial charge < -0.3 is 9.47 Å². The van der Waals surface area contributed by atoms with Gasteiger partial charge in [0.2, 0.25) is 5.88 Å². The van der Waals surface area contributed by atoms with Gasteiger partial charge in [-0.25, -0.2) is 17.5 Å². The first-order valence-corrected chi connectivity index (χ1v) is 18.5. The van der Waals surface area contributed by atoms with E-state index in [4.69, 9.17) is 14.6 Å². The molecule has 0 saturated carbocycles. The maximum Gasteiger partial charge on any atom is 0.306 e. The molecule has 0 aliphatic carbocycles. The number of hydrogen-bond acceptors (Lipinski definition) is 9. The summed E-state index contributed by atoms with van der Waals surface area (Å²) in [6.45, 7) is 10.3. The summed E-state index contributed by atoms with van der Waals surface area (Å²) in [7, 11) is -4.58. The van der Waals surface area contributed by atoms with Crippen LogP contribution in [-0.4, -0.2) is 40.7 Å². The van der Waals surface area contributed by atoms with Gasteiger partial charge >= 0.3 is 5.97 Å². The van der Waals surface area contributed by atoms with Gasteiger partial charge in [0.1, 0.15) is 12.4 Å². The van der Waals surface area contributed by atoms with Crippen molar-refractivity contribution in [2.75, 3.05) is 10.9 Å². The number of benzene rings is 3. The van der Waals surface area contributed by atoms with E-state index in [-0.39, 0.29) is 49.3 Å². The summed E-state index contributed by atoms with van der Waals surface area (Å²) < 4.78 is 57.6. The molecule has 0 aliphatic rings. The van der Waals surface area contributed by atoms with Gasteiger partial charge in [-0.05, 0) is 67.3 Å².